The number of benzene rings is 1. The number of aromatic nitrogens is 3. The van der Waals surface area contributed by atoms with Crippen molar-refractivity contribution in [2.75, 3.05) is 7.11 Å². The number of hydrogen-bond donors (Lipinski definition) is 2. The second-order valence-electron chi connectivity index (χ2n) is 5.43. The molecule has 10 heteroatoms. The first-order valence-corrected chi connectivity index (χ1v) is 7.28. The van der Waals surface area contributed by atoms with Crippen molar-refractivity contribution in [2.45, 2.75) is 12.7 Å². The van der Waals surface area contributed by atoms with Gasteiger partial charge in [0.15, 0.2) is 5.69 Å². The minimum absolute atomic E-state index is 0.0566. The summed E-state index contributed by atoms with van der Waals surface area (Å²) in [5.74, 6) is -1.04. The third-order valence-electron chi connectivity index (χ3n) is 3.74. The first-order chi connectivity index (χ1) is 12.2. The van der Waals surface area contributed by atoms with Crippen LogP contribution in [0.15, 0.2) is 35.1 Å². The van der Waals surface area contributed by atoms with Crippen molar-refractivity contribution in [3.63, 3.8) is 0 Å². The van der Waals surface area contributed by atoms with Gasteiger partial charge < -0.3 is 14.8 Å². The number of ether oxygens (including phenoxy) is 1. The molecule has 0 saturated heterocycles. The fourth-order valence-corrected chi connectivity index (χ4v) is 2.52. The second-order valence-corrected chi connectivity index (χ2v) is 5.43. The summed E-state index contributed by atoms with van der Waals surface area (Å²) in [4.78, 5) is 25.1. The summed E-state index contributed by atoms with van der Waals surface area (Å²) in [5.41, 5.74) is -2.64. The number of nitrogens with zero attached hydrogens (tertiary/aromatic N) is 2. The number of nitrogens with one attached hydrogen (secondary N) is 1. The maximum absolute atomic E-state index is 13.3. The predicted octanol–water partition coefficient (Wildman–Crippen LogP) is 2.50. The molecule has 0 aliphatic heterocycles. The summed E-state index contributed by atoms with van der Waals surface area (Å²) in [7, 11) is 1.48. The third-order valence-corrected chi connectivity index (χ3v) is 3.74. The van der Waals surface area contributed by atoms with Gasteiger partial charge in [0, 0.05) is 0 Å². The highest BCUT2D eigenvalue weighted by Crippen LogP contribution is 2.33. The SMILES string of the molecule is COc1ccc(Cn2nc(C(F)(F)F)c3cc(C(=O)O)c(=O)[nH]c32)cc1. The van der Waals surface area contributed by atoms with Crippen LogP contribution < -0.4 is 10.3 Å². The van der Waals surface area contributed by atoms with Crippen LogP contribution >= 0.6 is 0 Å². The summed E-state index contributed by atoms with van der Waals surface area (Å²) in [6.45, 7) is -0.0566. The number of carbonyl (C=O) groups is 1. The Hall–Kier alpha value is -3.30. The number of fused-ring (bicyclic) bond motifs is 1. The zero-order valence-electron chi connectivity index (χ0n) is 13.3. The molecule has 0 atom stereocenters. The van der Waals surface area contributed by atoms with E-state index in [1.165, 1.54) is 7.11 Å². The van der Waals surface area contributed by atoms with E-state index in [2.05, 4.69) is 10.1 Å². The van der Waals surface area contributed by atoms with Crippen molar-refractivity contribution < 1.29 is 27.8 Å². The number of methoxy groups -OCH3 is 1. The maximum atomic E-state index is 13.3. The van der Waals surface area contributed by atoms with Crippen molar-refractivity contribution in [3.05, 3.63) is 57.5 Å². The van der Waals surface area contributed by atoms with Crippen molar-refractivity contribution in [1.29, 1.82) is 0 Å². The molecule has 0 fully saturated rings. The smallest absolute Gasteiger partial charge is 0.435 e. The van der Waals surface area contributed by atoms with Gasteiger partial charge in [0.1, 0.15) is 17.0 Å². The van der Waals surface area contributed by atoms with Gasteiger partial charge in [-0.05, 0) is 23.8 Å². The third kappa shape index (κ3) is 3.13. The zero-order chi connectivity index (χ0) is 19.1. The van der Waals surface area contributed by atoms with Gasteiger partial charge in [-0.15, -0.1) is 0 Å². The predicted molar refractivity (Wildman–Crippen MR) is 84.4 cm³/mol. The molecule has 0 saturated carbocycles. The van der Waals surface area contributed by atoms with Gasteiger partial charge in [0.25, 0.3) is 5.56 Å². The lowest BCUT2D eigenvalue weighted by molar-refractivity contribution is -0.140. The van der Waals surface area contributed by atoms with Crippen molar-refractivity contribution in [1.82, 2.24) is 14.8 Å². The van der Waals surface area contributed by atoms with Gasteiger partial charge >= 0.3 is 12.1 Å². The summed E-state index contributed by atoms with van der Waals surface area (Å²) in [6, 6.07) is 7.25. The molecule has 0 bridgehead atoms. The molecule has 26 heavy (non-hydrogen) atoms. The highest BCUT2D eigenvalue weighted by Gasteiger charge is 2.37. The number of aromatic carboxylic acids is 1. The molecule has 136 valence electrons. The highest BCUT2D eigenvalue weighted by atomic mass is 19.4. The Bertz CT molecular complexity index is 1040. The van der Waals surface area contributed by atoms with E-state index >= 15 is 0 Å². The van der Waals surface area contributed by atoms with E-state index < -0.39 is 34.3 Å². The topological polar surface area (TPSA) is 97.2 Å². The number of carboxylic acids is 1. The Labute approximate surface area is 143 Å². The lowest BCUT2D eigenvalue weighted by Gasteiger charge is -2.05. The van der Waals surface area contributed by atoms with Crippen molar-refractivity contribution in [2.24, 2.45) is 0 Å². The molecule has 3 aromatic rings. The summed E-state index contributed by atoms with van der Waals surface area (Å²) in [6.07, 6.45) is -4.81. The zero-order valence-corrected chi connectivity index (χ0v) is 13.3. The van der Waals surface area contributed by atoms with Crippen LogP contribution in [0.3, 0.4) is 0 Å². The van der Waals surface area contributed by atoms with E-state index in [9.17, 15) is 22.8 Å². The minimum Gasteiger partial charge on any atom is -0.497 e. The molecule has 0 spiro atoms. The summed E-state index contributed by atoms with van der Waals surface area (Å²) in [5, 5.41) is 12.0. The average Bonchev–Trinajstić information content (AvgIpc) is 2.92. The Morgan fingerprint density at radius 1 is 1.31 bits per heavy atom. The first-order valence-electron chi connectivity index (χ1n) is 7.28. The fourth-order valence-electron chi connectivity index (χ4n) is 2.52. The number of pyridine rings is 1. The number of H-pyrrole nitrogens is 1. The summed E-state index contributed by atoms with van der Waals surface area (Å²) < 4.78 is 45.8. The van der Waals surface area contributed by atoms with Crippen LogP contribution in [0.5, 0.6) is 5.75 Å². The van der Waals surface area contributed by atoms with Gasteiger partial charge in [-0.2, -0.15) is 18.3 Å². The van der Waals surface area contributed by atoms with E-state index in [-0.39, 0.29) is 12.2 Å². The number of alkyl halides is 3. The van der Waals surface area contributed by atoms with E-state index in [4.69, 9.17) is 9.84 Å². The monoisotopic (exact) mass is 367 g/mol. The normalized spacial score (nSPS) is 11.7. The molecule has 0 aliphatic rings. The Morgan fingerprint density at radius 3 is 2.50 bits per heavy atom. The van der Waals surface area contributed by atoms with Crippen LogP contribution in [0.1, 0.15) is 21.6 Å². The van der Waals surface area contributed by atoms with Crippen molar-refractivity contribution >= 4 is 17.0 Å². The fraction of sp³-hybridized carbons (Fsp3) is 0.188. The standard InChI is InChI=1S/C16H12F3N3O4/c1-26-9-4-2-8(3-5-9)7-22-13-10(12(21-22)16(17,18)19)6-11(15(24)25)14(23)20-13/h2-6H,7H2,1H3,(H,20,23)(H,24,25). The van der Waals surface area contributed by atoms with Crippen LogP contribution in [0.25, 0.3) is 11.0 Å². The van der Waals surface area contributed by atoms with Crippen molar-refractivity contribution in [3.8, 4) is 5.75 Å². The number of hydrogen-bond acceptors (Lipinski definition) is 4. The first kappa shape index (κ1) is 17.5. The van der Waals surface area contributed by atoms with E-state index in [1.54, 1.807) is 24.3 Å². The molecule has 0 aliphatic carbocycles. The molecule has 0 unspecified atom stereocenters. The van der Waals surface area contributed by atoms with Crippen LogP contribution in [0, 0.1) is 0 Å². The molecule has 2 N–H and O–H groups in total. The average molecular weight is 367 g/mol. The Morgan fingerprint density at radius 2 is 1.96 bits per heavy atom. The number of rotatable bonds is 4. The van der Waals surface area contributed by atoms with Gasteiger partial charge in [0.2, 0.25) is 0 Å². The maximum Gasteiger partial charge on any atom is 0.435 e. The van der Waals surface area contributed by atoms with Gasteiger partial charge in [-0.25, -0.2) is 9.48 Å². The number of aromatic amines is 1. The highest BCUT2D eigenvalue weighted by molar-refractivity contribution is 5.92. The van der Waals surface area contributed by atoms with Gasteiger partial charge in [-0.3, -0.25) is 4.79 Å². The molecule has 0 radical (unpaired) electrons. The van der Waals surface area contributed by atoms with E-state index in [0.29, 0.717) is 17.4 Å². The van der Waals surface area contributed by atoms with Crippen LogP contribution in [-0.4, -0.2) is 33.0 Å². The van der Waals surface area contributed by atoms with E-state index in [1.807, 2.05) is 0 Å². The lowest BCUT2D eigenvalue weighted by atomic mass is 10.2. The molecular formula is C16H12F3N3O4. The van der Waals surface area contributed by atoms with Crippen LogP contribution in [-0.2, 0) is 12.7 Å². The molecule has 1 aromatic carbocycles. The molecule has 2 aromatic heterocycles. The molecule has 2 heterocycles. The lowest BCUT2D eigenvalue weighted by Crippen LogP contribution is -2.18. The molecule has 3 rings (SSSR count). The van der Waals surface area contributed by atoms with Crippen LogP contribution in [0.4, 0.5) is 13.2 Å². The van der Waals surface area contributed by atoms with Gasteiger partial charge in [-0.1, -0.05) is 12.1 Å². The molecule has 7 nitrogen and oxygen atoms in total. The molecular weight excluding hydrogens is 355 g/mol. The van der Waals surface area contributed by atoms with Crippen LogP contribution in [0.2, 0.25) is 0 Å². The largest absolute Gasteiger partial charge is 0.497 e. The Kier molecular flexibility index (Phi) is 4.18. The quantitative estimate of drug-likeness (QED) is 0.738. The second kappa shape index (κ2) is 6.21. The number of halogens is 3. The Balaban J connectivity index is 2.17. The summed E-state index contributed by atoms with van der Waals surface area (Å²) >= 11 is 0. The molecule has 0 amide bonds. The van der Waals surface area contributed by atoms with E-state index in [0.717, 1.165) is 4.68 Å². The minimum atomic E-state index is -4.81. The van der Waals surface area contributed by atoms with Gasteiger partial charge in [0.05, 0.1) is 19.0 Å². The number of carboxylic acid groups (broad SMARTS) is 1.